The van der Waals surface area contributed by atoms with E-state index in [-0.39, 0.29) is 0 Å². The molecule has 0 rings (SSSR count). The van der Waals surface area contributed by atoms with E-state index in [1.165, 1.54) is 25.8 Å². The molecule has 0 bridgehead atoms. The molecule has 0 heterocycles. The number of rotatable bonds is 7. The van der Waals surface area contributed by atoms with Gasteiger partial charge in [0.05, 0.1) is 0 Å². The van der Waals surface area contributed by atoms with Gasteiger partial charge in [0.2, 0.25) is 0 Å². The molecule has 1 N–H and O–H groups in total. The van der Waals surface area contributed by atoms with E-state index in [4.69, 9.17) is 0 Å². The van der Waals surface area contributed by atoms with Gasteiger partial charge >= 0.3 is 0 Å². The van der Waals surface area contributed by atoms with Crippen LogP contribution in [0.4, 0.5) is 0 Å². The van der Waals surface area contributed by atoms with E-state index in [9.17, 15) is 0 Å². The first-order chi connectivity index (χ1) is 5.74. The summed E-state index contributed by atoms with van der Waals surface area (Å²) in [6.45, 7) is 7.96. The van der Waals surface area contributed by atoms with E-state index in [0.717, 1.165) is 11.2 Å². The lowest BCUT2D eigenvalue weighted by molar-refractivity contribution is 0.423. The molecule has 0 aliphatic rings. The summed E-state index contributed by atoms with van der Waals surface area (Å²) in [7, 11) is 0. The summed E-state index contributed by atoms with van der Waals surface area (Å²) in [5.41, 5.74) is 0. The monoisotopic (exact) mass is 235 g/mol. The van der Waals surface area contributed by atoms with Crippen LogP contribution in [0.2, 0.25) is 0 Å². The average Bonchev–Trinajstić information content (AvgIpc) is 2.11. The van der Waals surface area contributed by atoms with Gasteiger partial charge in [-0.1, -0.05) is 43.1 Å². The maximum atomic E-state index is 3.59. The molecule has 0 aliphatic heterocycles. The number of alkyl halides is 1. The fraction of sp³-hybridized carbons (Fsp3) is 1.00. The predicted molar refractivity (Wildman–Crippen MR) is 59.9 cm³/mol. The standard InChI is InChI=1S/C10H22BrN/c1-4-9(3)8-12-10(5-2)6-7-11/h9-10,12H,4-8H2,1-3H3. The first kappa shape index (κ1) is 12.4. The molecular formula is C10H22BrN. The average molecular weight is 236 g/mol. The smallest absolute Gasteiger partial charge is 0.00725 e. The minimum atomic E-state index is 0.707. The van der Waals surface area contributed by atoms with E-state index in [0.29, 0.717) is 6.04 Å². The van der Waals surface area contributed by atoms with Crippen LogP contribution in [0, 0.1) is 5.92 Å². The SMILES string of the molecule is CCC(C)CNC(CC)CCBr. The Balaban J connectivity index is 3.43. The molecule has 2 heteroatoms. The third kappa shape index (κ3) is 6.01. The maximum Gasteiger partial charge on any atom is 0.00725 e. The Kier molecular flexibility index (Phi) is 8.35. The highest BCUT2D eigenvalue weighted by Gasteiger charge is 2.05. The van der Waals surface area contributed by atoms with Crippen LogP contribution < -0.4 is 5.32 Å². The van der Waals surface area contributed by atoms with Gasteiger partial charge in [-0.05, 0) is 25.3 Å². The van der Waals surface area contributed by atoms with Crippen molar-refractivity contribution in [2.24, 2.45) is 5.92 Å². The topological polar surface area (TPSA) is 12.0 Å². The number of halogens is 1. The van der Waals surface area contributed by atoms with Crippen LogP contribution in [0.3, 0.4) is 0 Å². The maximum absolute atomic E-state index is 3.59. The highest BCUT2D eigenvalue weighted by molar-refractivity contribution is 9.09. The van der Waals surface area contributed by atoms with Crippen LogP contribution in [0.5, 0.6) is 0 Å². The van der Waals surface area contributed by atoms with Gasteiger partial charge in [0, 0.05) is 11.4 Å². The second-order valence-electron chi connectivity index (χ2n) is 3.50. The predicted octanol–water partition coefficient (Wildman–Crippen LogP) is 3.19. The van der Waals surface area contributed by atoms with E-state index >= 15 is 0 Å². The molecule has 0 spiro atoms. The van der Waals surface area contributed by atoms with Gasteiger partial charge in [0.25, 0.3) is 0 Å². The van der Waals surface area contributed by atoms with Crippen LogP contribution in [0.1, 0.15) is 40.0 Å². The minimum Gasteiger partial charge on any atom is -0.314 e. The lowest BCUT2D eigenvalue weighted by Gasteiger charge is -2.18. The van der Waals surface area contributed by atoms with E-state index in [1.54, 1.807) is 0 Å². The first-order valence-corrected chi connectivity index (χ1v) is 6.16. The van der Waals surface area contributed by atoms with Gasteiger partial charge in [-0.25, -0.2) is 0 Å². The zero-order chi connectivity index (χ0) is 9.40. The Morgan fingerprint density at radius 1 is 1.25 bits per heavy atom. The van der Waals surface area contributed by atoms with Gasteiger partial charge in [-0.15, -0.1) is 0 Å². The Morgan fingerprint density at radius 3 is 2.33 bits per heavy atom. The lowest BCUT2D eigenvalue weighted by Crippen LogP contribution is -2.32. The van der Waals surface area contributed by atoms with Gasteiger partial charge < -0.3 is 5.32 Å². The largest absolute Gasteiger partial charge is 0.314 e. The third-order valence-electron chi connectivity index (χ3n) is 2.40. The van der Waals surface area contributed by atoms with Crippen molar-refractivity contribution in [2.45, 2.75) is 46.1 Å². The molecule has 0 saturated carbocycles. The minimum absolute atomic E-state index is 0.707. The van der Waals surface area contributed by atoms with Gasteiger partial charge in [-0.3, -0.25) is 0 Å². The molecule has 0 aromatic rings. The van der Waals surface area contributed by atoms with Crippen LogP contribution in [-0.2, 0) is 0 Å². The van der Waals surface area contributed by atoms with E-state index in [2.05, 4.69) is 42.0 Å². The van der Waals surface area contributed by atoms with Crippen molar-refractivity contribution in [1.29, 1.82) is 0 Å². The number of hydrogen-bond donors (Lipinski definition) is 1. The Labute approximate surface area is 85.4 Å². The van der Waals surface area contributed by atoms with Crippen LogP contribution in [0.25, 0.3) is 0 Å². The number of nitrogens with one attached hydrogen (secondary N) is 1. The molecule has 0 aromatic carbocycles. The molecule has 0 radical (unpaired) electrons. The quantitative estimate of drug-likeness (QED) is 0.669. The van der Waals surface area contributed by atoms with Crippen molar-refractivity contribution in [3.05, 3.63) is 0 Å². The first-order valence-electron chi connectivity index (χ1n) is 5.03. The zero-order valence-corrected chi connectivity index (χ0v) is 10.2. The van der Waals surface area contributed by atoms with Crippen molar-refractivity contribution < 1.29 is 0 Å². The second-order valence-corrected chi connectivity index (χ2v) is 4.30. The normalized spacial score (nSPS) is 16.0. The Hall–Kier alpha value is 0.440. The van der Waals surface area contributed by atoms with Crippen molar-refractivity contribution in [2.75, 3.05) is 11.9 Å². The molecule has 0 saturated heterocycles. The van der Waals surface area contributed by atoms with Crippen LogP contribution in [-0.4, -0.2) is 17.9 Å². The summed E-state index contributed by atoms with van der Waals surface area (Å²) >= 11 is 3.47. The molecule has 0 amide bonds. The highest BCUT2D eigenvalue weighted by Crippen LogP contribution is 2.03. The Bertz CT molecular complexity index is 95.8. The molecule has 74 valence electrons. The summed E-state index contributed by atoms with van der Waals surface area (Å²) < 4.78 is 0. The fourth-order valence-corrected chi connectivity index (χ4v) is 1.65. The van der Waals surface area contributed by atoms with Crippen molar-refractivity contribution >= 4 is 15.9 Å². The molecule has 12 heavy (non-hydrogen) atoms. The van der Waals surface area contributed by atoms with E-state index < -0.39 is 0 Å². The molecule has 1 nitrogen and oxygen atoms in total. The third-order valence-corrected chi connectivity index (χ3v) is 2.86. The number of hydrogen-bond acceptors (Lipinski definition) is 1. The molecule has 2 unspecified atom stereocenters. The molecular weight excluding hydrogens is 214 g/mol. The van der Waals surface area contributed by atoms with Crippen molar-refractivity contribution in [3.63, 3.8) is 0 Å². The van der Waals surface area contributed by atoms with Gasteiger partial charge in [0.15, 0.2) is 0 Å². The summed E-state index contributed by atoms with van der Waals surface area (Å²) in [5.74, 6) is 0.814. The van der Waals surface area contributed by atoms with Crippen LogP contribution in [0.15, 0.2) is 0 Å². The molecule has 0 aliphatic carbocycles. The van der Waals surface area contributed by atoms with Crippen molar-refractivity contribution in [3.8, 4) is 0 Å². The Morgan fingerprint density at radius 2 is 1.92 bits per heavy atom. The van der Waals surface area contributed by atoms with E-state index in [1.807, 2.05) is 0 Å². The second kappa shape index (κ2) is 8.06. The zero-order valence-electron chi connectivity index (χ0n) is 8.57. The highest BCUT2D eigenvalue weighted by atomic mass is 79.9. The van der Waals surface area contributed by atoms with Crippen LogP contribution >= 0.6 is 15.9 Å². The summed E-state index contributed by atoms with van der Waals surface area (Å²) in [6, 6.07) is 0.707. The van der Waals surface area contributed by atoms with Gasteiger partial charge in [0.1, 0.15) is 0 Å². The molecule has 0 aromatic heterocycles. The summed E-state index contributed by atoms with van der Waals surface area (Å²) in [5, 5.41) is 4.70. The lowest BCUT2D eigenvalue weighted by atomic mass is 10.1. The summed E-state index contributed by atoms with van der Waals surface area (Å²) in [6.07, 6.45) is 3.76. The summed E-state index contributed by atoms with van der Waals surface area (Å²) in [4.78, 5) is 0. The van der Waals surface area contributed by atoms with Crippen molar-refractivity contribution in [1.82, 2.24) is 5.32 Å². The van der Waals surface area contributed by atoms with Gasteiger partial charge in [-0.2, -0.15) is 0 Å². The molecule has 2 atom stereocenters. The molecule has 0 fully saturated rings. The fourth-order valence-electron chi connectivity index (χ4n) is 1.09.